The van der Waals surface area contributed by atoms with Crippen LogP contribution in [-0.4, -0.2) is 50.7 Å². The average Bonchev–Trinajstić information content (AvgIpc) is 2.62. The van der Waals surface area contributed by atoms with Crippen LogP contribution in [-0.2, 0) is 12.8 Å². The predicted molar refractivity (Wildman–Crippen MR) is 101 cm³/mol. The third-order valence-corrected chi connectivity index (χ3v) is 6.17. The van der Waals surface area contributed by atoms with Crippen molar-refractivity contribution in [3.8, 4) is 17.0 Å². The number of hydrogen-bond acceptors (Lipinski definition) is 6. The normalized spacial score (nSPS) is 18.4. The second-order valence-corrected chi connectivity index (χ2v) is 8.28. The lowest BCUT2D eigenvalue weighted by Crippen LogP contribution is -2.33. The minimum Gasteiger partial charge on any atom is -0.507 e. The van der Waals surface area contributed by atoms with E-state index in [1.165, 1.54) is 6.07 Å². The fourth-order valence-electron chi connectivity index (χ4n) is 3.35. The summed E-state index contributed by atoms with van der Waals surface area (Å²) in [4.78, 5) is 2.24. The number of hydrogen-bond donors (Lipinski definition) is 2. The maximum Gasteiger partial charge on any atom is 0.416 e. The van der Waals surface area contributed by atoms with Gasteiger partial charge in [-0.2, -0.15) is 13.2 Å². The van der Waals surface area contributed by atoms with Gasteiger partial charge < -0.3 is 15.1 Å². The van der Waals surface area contributed by atoms with Gasteiger partial charge in [0.25, 0.3) is 0 Å². The maximum atomic E-state index is 12.8. The number of nitrogens with zero attached hydrogens (tertiary/aromatic N) is 3. The molecule has 152 valence electrons. The van der Waals surface area contributed by atoms with E-state index in [1.807, 2.05) is 0 Å². The first-order valence-corrected chi connectivity index (χ1v) is 9.81. The number of rotatable bonds is 4. The largest absolute Gasteiger partial charge is 0.507 e. The number of aliphatic hydroxyl groups excluding tert-OH is 1. The fraction of sp³-hybridized carbons (Fsp3) is 0.474. The summed E-state index contributed by atoms with van der Waals surface area (Å²) < 4.78 is 38.5. The number of phenols is 1. The Morgan fingerprint density at radius 2 is 2.04 bits per heavy atom. The van der Waals surface area contributed by atoms with Gasteiger partial charge in [0.1, 0.15) is 10.8 Å². The van der Waals surface area contributed by atoms with Crippen molar-refractivity contribution < 1.29 is 23.4 Å². The number of alkyl halides is 3. The lowest BCUT2D eigenvalue weighted by Gasteiger charge is -2.29. The molecule has 0 spiro atoms. The summed E-state index contributed by atoms with van der Waals surface area (Å²) in [7, 11) is 2.06. The zero-order valence-corrected chi connectivity index (χ0v) is 16.4. The molecule has 1 atom stereocenters. The van der Waals surface area contributed by atoms with Gasteiger partial charge in [-0.3, -0.25) is 0 Å². The van der Waals surface area contributed by atoms with Crippen molar-refractivity contribution in [1.29, 1.82) is 0 Å². The van der Waals surface area contributed by atoms with E-state index in [-0.39, 0.29) is 17.9 Å². The van der Waals surface area contributed by atoms with E-state index in [1.54, 1.807) is 18.7 Å². The van der Waals surface area contributed by atoms with Crippen molar-refractivity contribution in [1.82, 2.24) is 15.1 Å². The number of aromatic hydroxyl groups is 1. The quantitative estimate of drug-likeness (QED) is 0.794. The second-order valence-electron chi connectivity index (χ2n) is 6.99. The number of aliphatic hydroxyl groups is 1. The number of aromatic nitrogens is 2. The van der Waals surface area contributed by atoms with Crippen LogP contribution in [0.15, 0.2) is 23.2 Å². The molecule has 1 aromatic heterocycles. The zero-order valence-electron chi connectivity index (χ0n) is 15.6. The summed E-state index contributed by atoms with van der Waals surface area (Å²) in [5, 5.41) is 29.3. The first kappa shape index (κ1) is 20.9. The Balaban J connectivity index is 1.93. The molecule has 1 aliphatic rings. The Morgan fingerprint density at radius 3 is 2.64 bits per heavy atom. The molecule has 1 aliphatic heterocycles. The summed E-state index contributed by atoms with van der Waals surface area (Å²) in [6.07, 6.45) is -2.41. The van der Waals surface area contributed by atoms with Crippen LogP contribution >= 0.6 is 11.8 Å². The SMILES string of the molecule is Cc1c(-c2ccc(C(F)(F)F)cc2O)nnc(S[C@@H]2CCCN(C)C2)c1CO. The number of phenolic OH excluding ortho intramolecular Hbond substituents is 1. The number of likely N-dealkylation sites (tertiary alicyclic amines) is 1. The fourth-order valence-corrected chi connectivity index (χ4v) is 4.73. The average molecular weight is 413 g/mol. The van der Waals surface area contributed by atoms with Gasteiger partial charge in [-0.25, -0.2) is 0 Å². The van der Waals surface area contributed by atoms with Crippen molar-refractivity contribution in [3.05, 3.63) is 34.9 Å². The molecule has 0 unspecified atom stereocenters. The van der Waals surface area contributed by atoms with Crippen LogP contribution in [0.2, 0.25) is 0 Å². The molecule has 0 saturated carbocycles. The van der Waals surface area contributed by atoms with Crippen molar-refractivity contribution in [2.24, 2.45) is 0 Å². The van der Waals surface area contributed by atoms with Gasteiger partial charge in [-0.1, -0.05) is 11.8 Å². The molecule has 0 amide bonds. The highest BCUT2D eigenvalue weighted by molar-refractivity contribution is 7.99. The van der Waals surface area contributed by atoms with Crippen LogP contribution in [0.3, 0.4) is 0 Å². The van der Waals surface area contributed by atoms with Gasteiger partial charge >= 0.3 is 6.18 Å². The smallest absolute Gasteiger partial charge is 0.416 e. The highest BCUT2D eigenvalue weighted by Crippen LogP contribution is 2.39. The molecule has 2 N–H and O–H groups in total. The molecular formula is C19H22F3N3O2S. The van der Waals surface area contributed by atoms with E-state index >= 15 is 0 Å². The van der Waals surface area contributed by atoms with Crippen molar-refractivity contribution in [2.45, 2.75) is 42.8 Å². The van der Waals surface area contributed by atoms with E-state index in [9.17, 15) is 23.4 Å². The Kier molecular flexibility index (Phi) is 6.16. The molecule has 5 nitrogen and oxygen atoms in total. The number of benzene rings is 1. The summed E-state index contributed by atoms with van der Waals surface area (Å²) in [6, 6.07) is 2.75. The Hall–Kier alpha value is -1.84. The molecule has 1 saturated heterocycles. The number of piperidine rings is 1. The zero-order chi connectivity index (χ0) is 20.5. The van der Waals surface area contributed by atoms with Crippen LogP contribution < -0.4 is 0 Å². The van der Waals surface area contributed by atoms with Gasteiger partial charge in [-0.15, -0.1) is 10.2 Å². The third-order valence-electron chi connectivity index (χ3n) is 4.90. The van der Waals surface area contributed by atoms with E-state index < -0.39 is 17.5 Å². The molecule has 2 aromatic rings. The summed E-state index contributed by atoms with van der Waals surface area (Å²) in [5.41, 5.74) is 0.666. The van der Waals surface area contributed by atoms with Crippen molar-refractivity contribution in [2.75, 3.05) is 20.1 Å². The molecule has 3 rings (SSSR count). The lowest BCUT2D eigenvalue weighted by atomic mass is 10.0. The third kappa shape index (κ3) is 4.42. The summed E-state index contributed by atoms with van der Waals surface area (Å²) >= 11 is 1.56. The topological polar surface area (TPSA) is 69.5 Å². The van der Waals surface area contributed by atoms with Gasteiger partial charge in [0.15, 0.2) is 0 Å². The second kappa shape index (κ2) is 8.26. The molecule has 28 heavy (non-hydrogen) atoms. The molecule has 0 bridgehead atoms. The minimum absolute atomic E-state index is 0.154. The van der Waals surface area contributed by atoms with E-state index in [2.05, 4.69) is 22.1 Å². The van der Waals surface area contributed by atoms with E-state index in [4.69, 9.17) is 0 Å². The van der Waals surface area contributed by atoms with Gasteiger partial charge in [0, 0.05) is 22.9 Å². The highest BCUT2D eigenvalue weighted by atomic mass is 32.2. The number of thioether (sulfide) groups is 1. The molecule has 2 heterocycles. The van der Waals surface area contributed by atoms with Gasteiger partial charge in [-0.05, 0) is 57.1 Å². The van der Waals surface area contributed by atoms with Crippen LogP contribution in [0.25, 0.3) is 11.3 Å². The molecular weight excluding hydrogens is 391 g/mol. The molecule has 1 aromatic carbocycles. The highest BCUT2D eigenvalue weighted by Gasteiger charge is 2.31. The van der Waals surface area contributed by atoms with Gasteiger partial charge in [0.2, 0.25) is 0 Å². The molecule has 1 fully saturated rings. The van der Waals surface area contributed by atoms with Crippen LogP contribution in [0, 0.1) is 6.92 Å². The Morgan fingerprint density at radius 1 is 1.29 bits per heavy atom. The summed E-state index contributed by atoms with van der Waals surface area (Å²) in [6.45, 7) is 3.43. The first-order chi connectivity index (χ1) is 13.2. The molecule has 9 heteroatoms. The van der Waals surface area contributed by atoms with Crippen molar-refractivity contribution >= 4 is 11.8 Å². The standard InChI is InChI=1S/C19H22F3N3O2S/c1-11-15(10-26)18(28-13-4-3-7-25(2)9-13)24-23-17(11)14-6-5-12(8-16(14)27)19(20,21)22/h5-6,8,13,26-27H,3-4,7,9-10H2,1-2H3/t13-/m1/s1. The van der Waals surface area contributed by atoms with E-state index in [0.717, 1.165) is 32.0 Å². The predicted octanol–water partition coefficient (Wildman–Crippen LogP) is 3.86. The Labute approximate surface area is 165 Å². The lowest BCUT2D eigenvalue weighted by molar-refractivity contribution is -0.137. The monoisotopic (exact) mass is 413 g/mol. The van der Waals surface area contributed by atoms with Crippen LogP contribution in [0.1, 0.15) is 29.5 Å². The van der Waals surface area contributed by atoms with Gasteiger partial charge in [0.05, 0.1) is 17.9 Å². The maximum absolute atomic E-state index is 12.8. The summed E-state index contributed by atoms with van der Waals surface area (Å²) in [5.74, 6) is -0.523. The minimum atomic E-state index is -4.54. The molecule has 0 aliphatic carbocycles. The molecule has 0 radical (unpaired) electrons. The van der Waals surface area contributed by atoms with Crippen LogP contribution in [0.5, 0.6) is 5.75 Å². The van der Waals surface area contributed by atoms with Crippen LogP contribution in [0.4, 0.5) is 13.2 Å². The van der Waals surface area contributed by atoms with E-state index in [0.29, 0.717) is 27.5 Å². The number of halogens is 3. The first-order valence-electron chi connectivity index (χ1n) is 8.93. The van der Waals surface area contributed by atoms with Crippen molar-refractivity contribution in [3.63, 3.8) is 0 Å². The Bertz CT molecular complexity index is 861.